The number of para-hydroxylation sites is 2. The van der Waals surface area contributed by atoms with Crippen molar-refractivity contribution in [3.8, 4) is 28.7 Å². The molecule has 0 saturated carbocycles. The molecule has 0 saturated heterocycles. The molecule has 0 bridgehead atoms. The summed E-state index contributed by atoms with van der Waals surface area (Å²) in [6, 6.07) is 17.0. The number of nitrogens with one attached hydrogen (secondary N) is 3. The molecule has 188 valence electrons. The Balaban J connectivity index is 1.58. The quantitative estimate of drug-likeness (QED) is 0.131. The Bertz CT molecular complexity index is 1340. The molecule has 12 heteroatoms. The lowest BCUT2D eigenvalue weighted by Crippen LogP contribution is -2.04. The molecule has 37 heavy (non-hydrogen) atoms. The highest BCUT2D eigenvalue weighted by atomic mass is 16.5. The lowest BCUT2D eigenvalue weighted by Gasteiger charge is -2.12. The largest absolute Gasteiger partial charge is 0.508 e. The van der Waals surface area contributed by atoms with E-state index >= 15 is 0 Å². The second-order valence-electron chi connectivity index (χ2n) is 7.59. The van der Waals surface area contributed by atoms with Gasteiger partial charge in [0.05, 0.1) is 25.2 Å². The predicted molar refractivity (Wildman–Crippen MR) is 140 cm³/mol. The Hall–Kier alpha value is -5.52. The van der Waals surface area contributed by atoms with Gasteiger partial charge in [0.25, 0.3) is 0 Å². The third-order valence-corrected chi connectivity index (χ3v) is 4.72. The van der Waals surface area contributed by atoms with Crippen LogP contribution in [0.1, 0.15) is 11.1 Å². The molecule has 0 spiro atoms. The van der Waals surface area contributed by atoms with Crippen LogP contribution in [0.5, 0.6) is 28.7 Å². The van der Waals surface area contributed by atoms with Crippen LogP contribution in [-0.4, -0.2) is 49.9 Å². The van der Waals surface area contributed by atoms with Crippen molar-refractivity contribution in [2.24, 2.45) is 10.2 Å². The van der Waals surface area contributed by atoms with Gasteiger partial charge < -0.3 is 30.5 Å². The fourth-order valence-corrected chi connectivity index (χ4v) is 3.23. The molecular weight excluding hydrogens is 478 g/mol. The van der Waals surface area contributed by atoms with Crippen LogP contribution in [0.2, 0.25) is 0 Å². The third kappa shape index (κ3) is 6.99. The number of ether oxygens (including phenoxy) is 1. The van der Waals surface area contributed by atoms with Crippen molar-refractivity contribution in [1.82, 2.24) is 9.97 Å². The molecule has 1 heterocycles. The van der Waals surface area contributed by atoms with E-state index in [2.05, 4.69) is 36.3 Å². The normalized spacial score (nSPS) is 11.1. The zero-order chi connectivity index (χ0) is 26.2. The summed E-state index contributed by atoms with van der Waals surface area (Å²) in [6.45, 7) is 0. The van der Waals surface area contributed by atoms with Crippen LogP contribution < -0.4 is 20.9 Å². The minimum Gasteiger partial charge on any atom is -0.508 e. The first-order valence-electron chi connectivity index (χ1n) is 10.8. The van der Waals surface area contributed by atoms with Gasteiger partial charge in [0.15, 0.2) is 5.82 Å². The summed E-state index contributed by atoms with van der Waals surface area (Å²) in [7, 11) is 1.56. The number of anilines is 4. The second-order valence-corrected chi connectivity index (χ2v) is 7.59. The van der Waals surface area contributed by atoms with Gasteiger partial charge in [-0.2, -0.15) is 20.2 Å². The van der Waals surface area contributed by atoms with Gasteiger partial charge >= 0.3 is 0 Å². The summed E-state index contributed by atoms with van der Waals surface area (Å²) in [5.41, 5.74) is 7.06. The van der Waals surface area contributed by atoms with E-state index in [1.54, 1.807) is 19.2 Å². The summed E-state index contributed by atoms with van der Waals surface area (Å²) in [4.78, 5) is 8.72. The highest BCUT2D eigenvalue weighted by molar-refractivity contribution is 5.82. The zero-order valence-corrected chi connectivity index (χ0v) is 19.5. The highest BCUT2D eigenvalue weighted by Gasteiger charge is 2.08. The standard InChI is InChI=1S/C25H23N7O5/c1-37-22-5-3-2-4-21(22)28-23-12-24(31-26-13-15-6-17(33)10-18(34)7-15)30-25(29-23)32-27-14-16-8-19(35)11-20(36)9-16/h2-14,33-36H,1H3,(H3,28,29,30,31,32). The fraction of sp³-hybridized carbons (Fsp3) is 0.0400. The van der Waals surface area contributed by atoms with Crippen molar-refractivity contribution in [3.05, 3.63) is 77.9 Å². The van der Waals surface area contributed by atoms with Crippen molar-refractivity contribution >= 4 is 35.7 Å². The summed E-state index contributed by atoms with van der Waals surface area (Å²) in [5, 5.41) is 49.8. The van der Waals surface area contributed by atoms with Crippen LogP contribution in [-0.2, 0) is 0 Å². The van der Waals surface area contributed by atoms with E-state index in [9.17, 15) is 20.4 Å². The number of hydrogen-bond acceptors (Lipinski definition) is 12. The maximum absolute atomic E-state index is 9.63. The molecule has 0 unspecified atom stereocenters. The maximum atomic E-state index is 9.63. The second kappa shape index (κ2) is 11.3. The Morgan fingerprint density at radius 1 is 0.703 bits per heavy atom. The number of phenols is 4. The smallest absolute Gasteiger partial charge is 0.247 e. The fourth-order valence-electron chi connectivity index (χ4n) is 3.23. The number of hydrazone groups is 2. The Morgan fingerprint density at radius 2 is 1.24 bits per heavy atom. The summed E-state index contributed by atoms with van der Waals surface area (Å²) in [6.07, 6.45) is 2.78. The highest BCUT2D eigenvalue weighted by Crippen LogP contribution is 2.27. The first-order chi connectivity index (χ1) is 17.9. The lowest BCUT2D eigenvalue weighted by molar-refractivity contribution is 0.417. The number of rotatable bonds is 9. The third-order valence-electron chi connectivity index (χ3n) is 4.72. The molecule has 1 aromatic heterocycles. The van der Waals surface area contributed by atoms with Gasteiger partial charge in [-0.15, -0.1) is 0 Å². The van der Waals surface area contributed by atoms with E-state index in [-0.39, 0.29) is 28.9 Å². The van der Waals surface area contributed by atoms with Crippen LogP contribution in [0.15, 0.2) is 76.9 Å². The monoisotopic (exact) mass is 501 g/mol. The number of phenolic OH excluding ortho intramolecular Hbond substituents is 4. The molecule has 4 rings (SSSR count). The van der Waals surface area contributed by atoms with E-state index in [0.717, 1.165) is 0 Å². The van der Waals surface area contributed by atoms with Gasteiger partial charge in [-0.1, -0.05) is 12.1 Å². The average Bonchev–Trinajstić information content (AvgIpc) is 2.83. The van der Waals surface area contributed by atoms with E-state index in [1.165, 1.54) is 48.8 Å². The molecule has 4 aromatic rings. The number of nitrogens with zero attached hydrogens (tertiary/aromatic N) is 4. The minimum absolute atomic E-state index is 0.101. The molecule has 0 aliphatic carbocycles. The molecular formula is C25H23N7O5. The van der Waals surface area contributed by atoms with Gasteiger partial charge in [-0.3, -0.25) is 5.43 Å². The molecule has 3 aromatic carbocycles. The first kappa shape index (κ1) is 24.6. The van der Waals surface area contributed by atoms with Gasteiger partial charge in [-0.05, 0) is 36.4 Å². The van der Waals surface area contributed by atoms with Crippen LogP contribution in [0.3, 0.4) is 0 Å². The van der Waals surface area contributed by atoms with Crippen molar-refractivity contribution in [1.29, 1.82) is 0 Å². The number of aromatic hydroxyl groups is 4. The van der Waals surface area contributed by atoms with Gasteiger partial charge in [0.1, 0.15) is 34.6 Å². The lowest BCUT2D eigenvalue weighted by atomic mass is 10.2. The molecule has 0 fully saturated rings. The van der Waals surface area contributed by atoms with E-state index in [1.807, 2.05) is 18.2 Å². The Kier molecular flexibility index (Phi) is 7.49. The number of aromatic nitrogens is 2. The minimum atomic E-state index is -0.106. The topological polar surface area (TPSA) is 177 Å². The SMILES string of the molecule is COc1ccccc1Nc1cc(NN=Cc2cc(O)cc(O)c2)nc(NN=Cc2cc(O)cc(O)c2)n1. The van der Waals surface area contributed by atoms with Crippen LogP contribution >= 0.6 is 0 Å². The molecule has 0 aliphatic heterocycles. The molecule has 0 atom stereocenters. The van der Waals surface area contributed by atoms with E-state index < -0.39 is 0 Å². The van der Waals surface area contributed by atoms with Gasteiger partial charge in [0, 0.05) is 29.3 Å². The number of hydrogen-bond donors (Lipinski definition) is 7. The van der Waals surface area contributed by atoms with Crippen molar-refractivity contribution in [2.45, 2.75) is 0 Å². The predicted octanol–water partition coefficient (Wildman–Crippen LogP) is 3.94. The molecule has 0 radical (unpaired) electrons. The maximum Gasteiger partial charge on any atom is 0.247 e. The Morgan fingerprint density at radius 3 is 1.84 bits per heavy atom. The van der Waals surface area contributed by atoms with Crippen LogP contribution in [0.25, 0.3) is 0 Å². The Labute approximate surface area is 211 Å². The van der Waals surface area contributed by atoms with Gasteiger partial charge in [-0.25, -0.2) is 5.43 Å². The summed E-state index contributed by atoms with van der Waals surface area (Å²) in [5.74, 6) is 0.977. The average molecular weight is 502 g/mol. The molecule has 0 aliphatic rings. The van der Waals surface area contributed by atoms with E-state index in [0.29, 0.717) is 34.2 Å². The summed E-state index contributed by atoms with van der Waals surface area (Å²) < 4.78 is 5.38. The molecule has 0 amide bonds. The van der Waals surface area contributed by atoms with Crippen LogP contribution in [0, 0.1) is 0 Å². The van der Waals surface area contributed by atoms with Gasteiger partial charge in [0.2, 0.25) is 5.95 Å². The van der Waals surface area contributed by atoms with Crippen molar-refractivity contribution in [3.63, 3.8) is 0 Å². The zero-order valence-electron chi connectivity index (χ0n) is 19.5. The van der Waals surface area contributed by atoms with Crippen molar-refractivity contribution < 1.29 is 25.2 Å². The molecule has 7 N–H and O–H groups in total. The number of benzene rings is 3. The van der Waals surface area contributed by atoms with Crippen LogP contribution in [0.4, 0.5) is 23.3 Å². The number of methoxy groups -OCH3 is 1. The van der Waals surface area contributed by atoms with Crippen molar-refractivity contribution in [2.75, 3.05) is 23.3 Å². The van der Waals surface area contributed by atoms with E-state index in [4.69, 9.17) is 4.74 Å². The first-order valence-corrected chi connectivity index (χ1v) is 10.8. The summed E-state index contributed by atoms with van der Waals surface area (Å²) >= 11 is 0. The molecule has 12 nitrogen and oxygen atoms in total.